The van der Waals surface area contributed by atoms with E-state index in [9.17, 15) is 18.8 Å². The summed E-state index contributed by atoms with van der Waals surface area (Å²) >= 11 is 0. The second-order valence-electron chi connectivity index (χ2n) is 12.1. The van der Waals surface area contributed by atoms with Gasteiger partial charge in [-0.3, -0.25) is 19.5 Å². The molecule has 1 N–H and O–H groups in total. The Hall–Kier alpha value is -4.83. The number of pyridine rings is 1. The molecule has 3 aromatic carbocycles. The number of amides is 1. The molecule has 1 saturated carbocycles. The Bertz CT molecular complexity index is 1760. The van der Waals surface area contributed by atoms with Crippen LogP contribution in [0.3, 0.4) is 0 Å². The number of aromatic nitrogens is 1. The third-order valence-corrected chi connectivity index (χ3v) is 8.84. The van der Waals surface area contributed by atoms with Gasteiger partial charge in [0.25, 0.3) is 0 Å². The van der Waals surface area contributed by atoms with Crippen molar-refractivity contribution in [3.63, 3.8) is 0 Å². The van der Waals surface area contributed by atoms with Crippen LogP contribution in [0.4, 0.5) is 9.18 Å². The fourth-order valence-electron chi connectivity index (χ4n) is 6.05. The zero-order chi connectivity index (χ0) is 32.4. The molecule has 1 amide bonds. The van der Waals surface area contributed by atoms with Crippen LogP contribution in [-0.4, -0.2) is 59.8 Å². The van der Waals surface area contributed by atoms with E-state index in [1.165, 1.54) is 19.2 Å². The van der Waals surface area contributed by atoms with Gasteiger partial charge in [0.05, 0.1) is 18.0 Å². The van der Waals surface area contributed by atoms with Crippen LogP contribution >= 0.6 is 0 Å². The third-order valence-electron chi connectivity index (χ3n) is 8.84. The lowest BCUT2D eigenvalue weighted by atomic mass is 9.88. The summed E-state index contributed by atoms with van der Waals surface area (Å²) in [6.07, 6.45) is 2.50. The van der Waals surface area contributed by atoms with Crippen LogP contribution in [0.15, 0.2) is 72.9 Å². The third kappa shape index (κ3) is 6.44. The van der Waals surface area contributed by atoms with Gasteiger partial charge in [-0.2, -0.15) is 0 Å². The summed E-state index contributed by atoms with van der Waals surface area (Å²) < 4.78 is 30.8. The molecule has 238 valence electrons. The predicted molar refractivity (Wildman–Crippen MR) is 170 cm³/mol. The van der Waals surface area contributed by atoms with Gasteiger partial charge in [0.1, 0.15) is 17.3 Å². The summed E-state index contributed by atoms with van der Waals surface area (Å²) in [5.74, 6) is 1.13. The molecular formula is C36H36FN3O6. The van der Waals surface area contributed by atoms with Crippen LogP contribution in [0.5, 0.6) is 23.0 Å². The van der Waals surface area contributed by atoms with E-state index < -0.39 is 11.5 Å². The number of hydrogen-bond donors (Lipinski definition) is 1. The largest absolute Gasteiger partial charge is 0.493 e. The van der Waals surface area contributed by atoms with E-state index in [0.29, 0.717) is 59.6 Å². The molecule has 10 heteroatoms. The summed E-state index contributed by atoms with van der Waals surface area (Å²) in [5, 5.41) is 3.97. The number of benzene rings is 3. The molecule has 9 nitrogen and oxygen atoms in total. The first-order chi connectivity index (χ1) is 22.2. The van der Waals surface area contributed by atoms with Gasteiger partial charge >= 0.3 is 6.09 Å². The minimum Gasteiger partial charge on any atom is -0.493 e. The molecule has 4 aromatic rings. The summed E-state index contributed by atoms with van der Waals surface area (Å²) in [4.78, 5) is 45.5. The molecule has 0 radical (unpaired) electrons. The van der Waals surface area contributed by atoms with Crippen LogP contribution in [0, 0.1) is 11.2 Å². The fraction of sp³-hybridized carbons (Fsp3) is 0.333. The second kappa shape index (κ2) is 12.9. The smallest absolute Gasteiger partial charge is 0.415 e. The molecule has 2 fully saturated rings. The highest BCUT2D eigenvalue weighted by atomic mass is 19.1. The van der Waals surface area contributed by atoms with Gasteiger partial charge < -0.3 is 19.5 Å². The van der Waals surface area contributed by atoms with Crippen molar-refractivity contribution in [1.82, 2.24) is 15.2 Å². The van der Waals surface area contributed by atoms with Gasteiger partial charge in [-0.25, -0.2) is 9.18 Å². The molecule has 1 saturated heterocycles. The van der Waals surface area contributed by atoms with Crippen molar-refractivity contribution >= 4 is 28.6 Å². The molecule has 1 aliphatic heterocycles. The average Bonchev–Trinajstić information content (AvgIpc) is 3.85. The number of halogens is 1. The summed E-state index contributed by atoms with van der Waals surface area (Å²) in [5.41, 5.74) is 1.08. The number of nitrogens with zero attached hydrogens (tertiary/aromatic N) is 2. The van der Waals surface area contributed by atoms with E-state index in [4.69, 9.17) is 14.2 Å². The maximum Gasteiger partial charge on any atom is 0.415 e. The Labute approximate surface area is 266 Å². The molecular weight excluding hydrogens is 589 g/mol. The van der Waals surface area contributed by atoms with Crippen molar-refractivity contribution in [1.29, 1.82) is 0 Å². The summed E-state index contributed by atoms with van der Waals surface area (Å²) in [6, 6.07) is 18.1. The second-order valence-corrected chi connectivity index (χ2v) is 12.1. The number of Topliss-reactive ketones (excluding diaryl/α,β-unsaturated/α-hetero) is 2. The van der Waals surface area contributed by atoms with E-state index in [2.05, 4.69) is 10.3 Å². The highest BCUT2D eigenvalue weighted by molar-refractivity contribution is 6.11. The lowest BCUT2D eigenvalue weighted by Crippen LogP contribution is -2.57. The number of fused-ring (bicyclic) bond motifs is 1. The van der Waals surface area contributed by atoms with Crippen LogP contribution < -0.4 is 19.5 Å². The number of carbonyl (C=O) groups excluding carboxylic acids is 3. The van der Waals surface area contributed by atoms with E-state index in [1.54, 1.807) is 53.6 Å². The lowest BCUT2D eigenvalue weighted by Gasteiger charge is -2.38. The Morgan fingerprint density at radius 2 is 1.48 bits per heavy atom. The first-order valence-electron chi connectivity index (χ1n) is 15.4. The van der Waals surface area contributed by atoms with Crippen molar-refractivity contribution in [2.45, 2.75) is 51.6 Å². The molecule has 1 aliphatic carbocycles. The van der Waals surface area contributed by atoms with Crippen LogP contribution in [0.1, 0.15) is 37.8 Å². The van der Waals surface area contributed by atoms with Crippen molar-refractivity contribution in [2.24, 2.45) is 5.41 Å². The molecule has 46 heavy (non-hydrogen) atoms. The summed E-state index contributed by atoms with van der Waals surface area (Å²) in [7, 11) is 1.51. The van der Waals surface area contributed by atoms with Crippen molar-refractivity contribution in [3.8, 4) is 23.0 Å². The minimum absolute atomic E-state index is 0.0181. The van der Waals surface area contributed by atoms with Crippen LogP contribution in [0.2, 0.25) is 0 Å². The van der Waals surface area contributed by atoms with E-state index in [-0.39, 0.29) is 48.1 Å². The SMILES string of the molecule is COc1cc2c(Oc3ccc(CC(=O)C4(C(=O)Cc5ccc(F)cc5)CC4)cc3)ccnc2cc1OC(=O)N1[C@H](C)CNC[C@@H]1C. The molecule has 1 aromatic heterocycles. The van der Waals surface area contributed by atoms with Crippen molar-refractivity contribution in [3.05, 3.63) is 89.9 Å². The quantitative estimate of drug-likeness (QED) is 0.212. The van der Waals surface area contributed by atoms with Crippen LogP contribution in [-0.2, 0) is 22.4 Å². The number of carbonyl (C=O) groups is 3. The number of piperazine rings is 1. The molecule has 6 rings (SSSR count). The summed E-state index contributed by atoms with van der Waals surface area (Å²) in [6.45, 7) is 5.32. The molecule has 2 atom stereocenters. The number of rotatable bonds is 10. The molecule has 0 bridgehead atoms. The van der Waals surface area contributed by atoms with Crippen molar-refractivity contribution < 1.29 is 33.0 Å². The van der Waals surface area contributed by atoms with Gasteiger partial charge in [-0.05, 0) is 74.2 Å². The van der Waals surface area contributed by atoms with Crippen molar-refractivity contribution in [2.75, 3.05) is 20.2 Å². The average molecular weight is 626 g/mol. The van der Waals surface area contributed by atoms with Gasteiger partial charge in [-0.1, -0.05) is 24.3 Å². The van der Waals surface area contributed by atoms with Gasteiger partial charge in [-0.15, -0.1) is 0 Å². The van der Waals surface area contributed by atoms with Gasteiger partial charge in [0.2, 0.25) is 0 Å². The first kappa shape index (κ1) is 31.2. The molecule has 0 spiro atoms. The normalized spacial score (nSPS) is 18.6. The van der Waals surface area contributed by atoms with Gasteiger partial charge in [0.15, 0.2) is 23.1 Å². The first-order valence-corrected chi connectivity index (χ1v) is 15.4. The topological polar surface area (TPSA) is 107 Å². The Balaban J connectivity index is 1.13. The Morgan fingerprint density at radius 1 is 0.870 bits per heavy atom. The zero-order valence-electron chi connectivity index (χ0n) is 26.0. The fourth-order valence-corrected chi connectivity index (χ4v) is 6.05. The number of ketones is 2. The molecule has 2 heterocycles. The molecule has 2 aliphatic rings. The van der Waals surface area contributed by atoms with Crippen LogP contribution in [0.25, 0.3) is 10.9 Å². The number of ether oxygens (including phenoxy) is 3. The highest BCUT2D eigenvalue weighted by Crippen LogP contribution is 2.49. The Morgan fingerprint density at radius 3 is 2.07 bits per heavy atom. The predicted octanol–water partition coefficient (Wildman–Crippen LogP) is 6.06. The Kier molecular flexibility index (Phi) is 8.73. The number of nitrogens with one attached hydrogen (secondary N) is 1. The zero-order valence-corrected chi connectivity index (χ0v) is 26.0. The molecule has 0 unspecified atom stereocenters. The van der Waals surface area contributed by atoms with E-state index in [1.807, 2.05) is 26.0 Å². The number of hydrogen-bond acceptors (Lipinski definition) is 8. The standard InChI is InChI=1S/C36H36FN3O6/c1-22-20-38-21-23(2)40(22)35(43)46-32-19-29-28(18-31(32)44-3)30(12-15-39-29)45-27-10-6-25(7-11-27)17-34(42)36(13-14-36)33(41)16-24-4-8-26(37)9-5-24/h4-12,15,18-19,22-23,38H,13-14,16-17,20-21H2,1-3H3/t22-,23+. The highest BCUT2D eigenvalue weighted by Gasteiger charge is 2.54. The van der Waals surface area contributed by atoms with E-state index >= 15 is 0 Å². The maximum absolute atomic E-state index is 13.2. The van der Waals surface area contributed by atoms with Gasteiger partial charge in [0, 0.05) is 55.7 Å². The van der Waals surface area contributed by atoms with E-state index in [0.717, 1.165) is 5.56 Å². The monoisotopic (exact) mass is 625 g/mol. The maximum atomic E-state index is 13.2. The lowest BCUT2D eigenvalue weighted by molar-refractivity contribution is -0.133. The number of methoxy groups -OCH3 is 1. The minimum atomic E-state index is -0.951.